The summed E-state index contributed by atoms with van der Waals surface area (Å²) >= 11 is 1.80. The topological polar surface area (TPSA) is 45.8 Å². The van der Waals surface area contributed by atoms with Crippen molar-refractivity contribution in [2.45, 2.75) is 31.6 Å². The highest BCUT2D eigenvalue weighted by atomic mass is 32.1. The predicted octanol–water partition coefficient (Wildman–Crippen LogP) is 3.06. The molecular weight excluding hydrogens is 286 g/mol. The van der Waals surface area contributed by atoms with E-state index in [4.69, 9.17) is 9.15 Å². The number of aliphatic hydroxyl groups is 1. The molecule has 0 spiro atoms. The number of β-amino-alcohol motifs (C(OH)–C–C–N with tert-alkyl or cyclic N) is 1. The molecule has 0 unspecified atom stereocenters. The van der Waals surface area contributed by atoms with Crippen LogP contribution >= 0.6 is 11.3 Å². The smallest absolute Gasteiger partial charge is 0.129 e. The van der Waals surface area contributed by atoms with Crippen LogP contribution in [0.4, 0.5) is 0 Å². The minimum Gasteiger partial charge on any atom is -0.467 e. The summed E-state index contributed by atoms with van der Waals surface area (Å²) in [6, 6.07) is 8.46. The van der Waals surface area contributed by atoms with E-state index < -0.39 is 6.10 Å². The zero-order valence-electron chi connectivity index (χ0n) is 12.0. The first-order chi connectivity index (χ1) is 10.3. The maximum absolute atomic E-state index is 10.2. The first kappa shape index (κ1) is 14.8. The molecule has 1 saturated heterocycles. The summed E-state index contributed by atoms with van der Waals surface area (Å²) in [6.45, 7) is 2.48. The molecule has 3 rings (SSSR count). The average Bonchev–Trinajstić information content (AvgIpc) is 3.20. The van der Waals surface area contributed by atoms with Crippen molar-refractivity contribution < 1.29 is 14.3 Å². The molecule has 0 aliphatic carbocycles. The number of aliphatic hydroxyl groups excluding tert-OH is 1. The number of hydrogen-bond acceptors (Lipinski definition) is 5. The van der Waals surface area contributed by atoms with Gasteiger partial charge in [0.25, 0.3) is 0 Å². The van der Waals surface area contributed by atoms with E-state index in [0.717, 1.165) is 12.3 Å². The van der Waals surface area contributed by atoms with Gasteiger partial charge in [-0.25, -0.2) is 0 Å². The number of nitrogens with zero attached hydrogens (tertiary/aromatic N) is 1. The Labute approximate surface area is 129 Å². The Morgan fingerprint density at radius 3 is 3.14 bits per heavy atom. The van der Waals surface area contributed by atoms with Gasteiger partial charge >= 0.3 is 0 Å². The first-order valence-corrected chi connectivity index (χ1v) is 8.26. The third kappa shape index (κ3) is 3.95. The molecule has 4 nitrogen and oxygen atoms in total. The predicted molar refractivity (Wildman–Crippen MR) is 82.2 cm³/mol. The summed E-state index contributed by atoms with van der Waals surface area (Å²) < 4.78 is 10.7. The van der Waals surface area contributed by atoms with Crippen LogP contribution in [0, 0.1) is 0 Å². The van der Waals surface area contributed by atoms with E-state index in [0.29, 0.717) is 25.8 Å². The highest BCUT2D eigenvalue weighted by molar-refractivity contribution is 7.10. The van der Waals surface area contributed by atoms with E-state index in [1.165, 1.54) is 17.7 Å². The zero-order chi connectivity index (χ0) is 14.5. The standard InChI is InChI=1S/C16H21NO3S/c18-13(11-19-12-14-4-2-8-20-14)10-17-7-1-5-15(17)16-6-3-9-21-16/h2-4,6,8-9,13,15,18H,1,5,7,10-12H2/t13-,15+/m0/s1. The summed E-state index contributed by atoms with van der Waals surface area (Å²) in [5.74, 6) is 0.792. The maximum Gasteiger partial charge on any atom is 0.129 e. The van der Waals surface area contributed by atoms with Crippen molar-refractivity contribution in [3.8, 4) is 0 Å². The van der Waals surface area contributed by atoms with Crippen LogP contribution in [0.25, 0.3) is 0 Å². The molecule has 5 heteroatoms. The van der Waals surface area contributed by atoms with Crippen LogP contribution in [0.2, 0.25) is 0 Å². The lowest BCUT2D eigenvalue weighted by molar-refractivity contribution is 0.00326. The number of ether oxygens (including phenoxy) is 1. The molecule has 0 saturated carbocycles. The second-order valence-corrected chi connectivity index (χ2v) is 6.40. The molecule has 1 aliphatic rings. The Bertz CT molecular complexity index is 512. The molecule has 114 valence electrons. The van der Waals surface area contributed by atoms with Crippen LogP contribution < -0.4 is 0 Å². The zero-order valence-corrected chi connectivity index (χ0v) is 12.8. The molecule has 0 aromatic carbocycles. The fourth-order valence-corrected chi connectivity index (χ4v) is 3.76. The normalized spacial score (nSPS) is 20.9. The van der Waals surface area contributed by atoms with Crippen LogP contribution in [-0.4, -0.2) is 35.8 Å². The van der Waals surface area contributed by atoms with Gasteiger partial charge in [0.05, 0.1) is 19.0 Å². The SMILES string of the molecule is O[C@H](COCc1ccco1)CN1CCC[C@@H]1c1cccs1. The highest BCUT2D eigenvalue weighted by Crippen LogP contribution is 2.34. The third-order valence-corrected chi connectivity index (χ3v) is 4.79. The monoisotopic (exact) mass is 307 g/mol. The second kappa shape index (κ2) is 7.22. The summed E-state index contributed by atoms with van der Waals surface area (Å²) in [5.41, 5.74) is 0. The van der Waals surface area contributed by atoms with Crippen molar-refractivity contribution in [2.75, 3.05) is 19.7 Å². The molecular formula is C16H21NO3S. The lowest BCUT2D eigenvalue weighted by atomic mass is 10.2. The molecule has 0 bridgehead atoms. The van der Waals surface area contributed by atoms with E-state index in [9.17, 15) is 5.11 Å². The summed E-state index contributed by atoms with van der Waals surface area (Å²) in [5, 5.41) is 12.3. The van der Waals surface area contributed by atoms with Crippen molar-refractivity contribution in [1.29, 1.82) is 0 Å². The van der Waals surface area contributed by atoms with Gasteiger partial charge in [-0.3, -0.25) is 4.90 Å². The molecule has 21 heavy (non-hydrogen) atoms. The van der Waals surface area contributed by atoms with Gasteiger partial charge in [-0.15, -0.1) is 11.3 Å². The quantitative estimate of drug-likeness (QED) is 0.854. The molecule has 2 atom stereocenters. The highest BCUT2D eigenvalue weighted by Gasteiger charge is 2.28. The Morgan fingerprint density at radius 2 is 2.38 bits per heavy atom. The van der Waals surface area contributed by atoms with Gasteiger partial charge in [0, 0.05) is 17.5 Å². The van der Waals surface area contributed by atoms with E-state index in [1.807, 2.05) is 12.1 Å². The van der Waals surface area contributed by atoms with Crippen LogP contribution in [0.3, 0.4) is 0 Å². The lowest BCUT2D eigenvalue weighted by Crippen LogP contribution is -2.34. The van der Waals surface area contributed by atoms with E-state index in [2.05, 4.69) is 22.4 Å². The minimum atomic E-state index is -0.458. The van der Waals surface area contributed by atoms with Gasteiger partial charge in [-0.2, -0.15) is 0 Å². The van der Waals surface area contributed by atoms with Crippen LogP contribution in [0.5, 0.6) is 0 Å². The Balaban J connectivity index is 1.44. The maximum atomic E-state index is 10.2. The molecule has 1 fully saturated rings. The van der Waals surface area contributed by atoms with Crippen molar-refractivity contribution in [3.63, 3.8) is 0 Å². The van der Waals surface area contributed by atoms with Gasteiger partial charge < -0.3 is 14.3 Å². The van der Waals surface area contributed by atoms with E-state index in [-0.39, 0.29) is 0 Å². The number of thiophene rings is 1. The van der Waals surface area contributed by atoms with Gasteiger partial charge in [0.2, 0.25) is 0 Å². The van der Waals surface area contributed by atoms with E-state index >= 15 is 0 Å². The molecule has 2 aromatic heterocycles. The summed E-state index contributed by atoms with van der Waals surface area (Å²) in [6.07, 6.45) is 3.55. The second-order valence-electron chi connectivity index (χ2n) is 5.42. The van der Waals surface area contributed by atoms with Crippen molar-refractivity contribution in [2.24, 2.45) is 0 Å². The van der Waals surface area contributed by atoms with Crippen LogP contribution in [0.1, 0.15) is 29.5 Å². The Morgan fingerprint density at radius 1 is 1.43 bits per heavy atom. The first-order valence-electron chi connectivity index (χ1n) is 7.38. The van der Waals surface area contributed by atoms with Gasteiger partial charge in [0.1, 0.15) is 12.4 Å². The Kier molecular flexibility index (Phi) is 5.08. The van der Waals surface area contributed by atoms with Crippen LogP contribution in [0.15, 0.2) is 40.3 Å². The average molecular weight is 307 g/mol. The molecule has 3 heterocycles. The molecule has 0 amide bonds. The number of furan rings is 1. The number of rotatable bonds is 7. The Hall–Kier alpha value is -1.14. The third-order valence-electron chi connectivity index (χ3n) is 3.82. The molecule has 1 aliphatic heterocycles. The van der Waals surface area contributed by atoms with Gasteiger partial charge in [-0.05, 0) is 43.0 Å². The van der Waals surface area contributed by atoms with Crippen molar-refractivity contribution >= 4 is 11.3 Å². The summed E-state index contributed by atoms with van der Waals surface area (Å²) in [4.78, 5) is 3.77. The van der Waals surface area contributed by atoms with E-state index in [1.54, 1.807) is 17.6 Å². The minimum absolute atomic E-state index is 0.342. The fourth-order valence-electron chi connectivity index (χ4n) is 2.86. The number of hydrogen-bond donors (Lipinski definition) is 1. The summed E-state index contributed by atoms with van der Waals surface area (Å²) in [7, 11) is 0. The lowest BCUT2D eigenvalue weighted by Gasteiger charge is -2.26. The van der Waals surface area contributed by atoms with Crippen LogP contribution in [-0.2, 0) is 11.3 Å². The number of likely N-dealkylation sites (tertiary alicyclic amines) is 1. The van der Waals surface area contributed by atoms with Gasteiger partial charge in [0.15, 0.2) is 0 Å². The van der Waals surface area contributed by atoms with Crippen molar-refractivity contribution in [3.05, 3.63) is 46.5 Å². The molecule has 1 N–H and O–H groups in total. The fraction of sp³-hybridized carbons (Fsp3) is 0.500. The molecule has 2 aromatic rings. The van der Waals surface area contributed by atoms with Gasteiger partial charge in [-0.1, -0.05) is 6.07 Å². The largest absolute Gasteiger partial charge is 0.467 e. The molecule has 0 radical (unpaired) electrons. The van der Waals surface area contributed by atoms with Crippen molar-refractivity contribution in [1.82, 2.24) is 4.90 Å².